The Morgan fingerprint density at radius 3 is 2.81 bits per heavy atom. The highest BCUT2D eigenvalue weighted by Gasteiger charge is 2.14. The van der Waals surface area contributed by atoms with Gasteiger partial charge < -0.3 is 10.5 Å². The minimum atomic E-state index is 0.0417. The Balaban J connectivity index is 1.84. The molecule has 2 aromatic rings. The van der Waals surface area contributed by atoms with Crippen LogP contribution in [0.15, 0.2) is 34.4 Å². The number of nitrogens with zero attached hydrogens (tertiary/aromatic N) is 2. The van der Waals surface area contributed by atoms with Crippen molar-refractivity contribution >= 4 is 17.4 Å². The average Bonchev–Trinajstić information content (AvgIpc) is 2.90. The molecule has 4 nitrogen and oxygen atoms in total. The Kier molecular flexibility index (Phi) is 4.01. The van der Waals surface area contributed by atoms with E-state index >= 15 is 0 Å². The van der Waals surface area contributed by atoms with E-state index in [4.69, 9.17) is 10.5 Å². The first-order chi connectivity index (χ1) is 10.1. The first-order valence-electron chi connectivity index (χ1n) is 7.20. The van der Waals surface area contributed by atoms with Gasteiger partial charge in [0.25, 0.3) is 0 Å². The van der Waals surface area contributed by atoms with E-state index in [1.54, 1.807) is 11.8 Å². The summed E-state index contributed by atoms with van der Waals surface area (Å²) >= 11 is 1.57. The molecule has 3 rings (SSSR count). The molecule has 2 N–H and O–H groups in total. The Labute approximate surface area is 129 Å². The standard InChI is InChI=1S/C16H19N3OS/c1-10(2)20-15-14(17)16(19-9-18-15)21-13-7-6-11-4-3-5-12(11)8-13/h6-10H,3-5,17H2,1-2H3. The molecule has 110 valence electrons. The molecular formula is C16H19N3OS. The quantitative estimate of drug-likeness (QED) is 0.876. The van der Waals surface area contributed by atoms with Gasteiger partial charge in [0, 0.05) is 4.90 Å². The topological polar surface area (TPSA) is 61.0 Å². The lowest BCUT2D eigenvalue weighted by molar-refractivity contribution is 0.233. The average molecular weight is 301 g/mol. The maximum atomic E-state index is 6.12. The van der Waals surface area contributed by atoms with Crippen LogP contribution < -0.4 is 10.5 Å². The van der Waals surface area contributed by atoms with Crippen LogP contribution in [0.25, 0.3) is 0 Å². The predicted octanol–water partition coefficient (Wildman–Crippen LogP) is 3.49. The monoisotopic (exact) mass is 301 g/mol. The molecule has 1 aliphatic carbocycles. The van der Waals surface area contributed by atoms with Crippen molar-refractivity contribution in [1.29, 1.82) is 0 Å². The highest BCUT2D eigenvalue weighted by atomic mass is 32.2. The number of fused-ring (bicyclic) bond motifs is 1. The molecule has 0 bridgehead atoms. The molecule has 0 saturated carbocycles. The minimum Gasteiger partial charge on any atom is -0.473 e. The second kappa shape index (κ2) is 5.93. The predicted molar refractivity (Wildman–Crippen MR) is 84.8 cm³/mol. The van der Waals surface area contributed by atoms with Crippen LogP contribution >= 0.6 is 11.8 Å². The summed E-state index contributed by atoms with van der Waals surface area (Å²) in [7, 11) is 0. The van der Waals surface area contributed by atoms with Gasteiger partial charge in [0.15, 0.2) is 0 Å². The van der Waals surface area contributed by atoms with Gasteiger partial charge >= 0.3 is 0 Å². The van der Waals surface area contributed by atoms with Gasteiger partial charge in [0.05, 0.1) is 6.10 Å². The number of benzene rings is 1. The number of nitrogen functional groups attached to an aromatic ring is 1. The van der Waals surface area contributed by atoms with Crippen molar-refractivity contribution in [1.82, 2.24) is 9.97 Å². The third-order valence-electron chi connectivity index (χ3n) is 3.44. The van der Waals surface area contributed by atoms with Crippen molar-refractivity contribution < 1.29 is 4.74 Å². The molecule has 0 fully saturated rings. The summed E-state index contributed by atoms with van der Waals surface area (Å²) in [4.78, 5) is 9.55. The van der Waals surface area contributed by atoms with Crippen molar-refractivity contribution in [2.24, 2.45) is 0 Å². The van der Waals surface area contributed by atoms with Crippen LogP contribution in [0.5, 0.6) is 5.88 Å². The van der Waals surface area contributed by atoms with Gasteiger partial charge in [0.1, 0.15) is 17.0 Å². The number of anilines is 1. The van der Waals surface area contributed by atoms with Gasteiger partial charge in [-0.3, -0.25) is 0 Å². The highest BCUT2D eigenvalue weighted by molar-refractivity contribution is 7.99. The van der Waals surface area contributed by atoms with Crippen LogP contribution in [0.2, 0.25) is 0 Å². The third-order valence-corrected chi connectivity index (χ3v) is 4.45. The molecule has 1 aliphatic rings. The number of rotatable bonds is 4. The normalized spacial score (nSPS) is 13.5. The second-order valence-corrected chi connectivity index (χ2v) is 6.51. The number of aromatic nitrogens is 2. The Morgan fingerprint density at radius 1 is 1.19 bits per heavy atom. The molecular weight excluding hydrogens is 282 g/mol. The maximum Gasteiger partial charge on any atom is 0.241 e. The van der Waals surface area contributed by atoms with Crippen molar-refractivity contribution in [2.75, 3.05) is 5.73 Å². The van der Waals surface area contributed by atoms with Gasteiger partial charge in [-0.1, -0.05) is 17.8 Å². The summed E-state index contributed by atoms with van der Waals surface area (Å²) in [6, 6.07) is 6.60. The van der Waals surface area contributed by atoms with Gasteiger partial charge in [-0.15, -0.1) is 0 Å². The lowest BCUT2D eigenvalue weighted by Crippen LogP contribution is -2.09. The van der Waals surface area contributed by atoms with Gasteiger partial charge in [0.2, 0.25) is 5.88 Å². The molecule has 5 heteroatoms. The number of ether oxygens (including phenoxy) is 1. The van der Waals surface area contributed by atoms with E-state index in [1.807, 2.05) is 13.8 Å². The molecule has 21 heavy (non-hydrogen) atoms. The molecule has 0 unspecified atom stereocenters. The van der Waals surface area contributed by atoms with Crippen LogP contribution in [0.1, 0.15) is 31.4 Å². The fourth-order valence-electron chi connectivity index (χ4n) is 2.49. The first-order valence-corrected chi connectivity index (χ1v) is 8.02. The highest BCUT2D eigenvalue weighted by Crippen LogP contribution is 2.36. The summed E-state index contributed by atoms with van der Waals surface area (Å²) in [6.45, 7) is 3.91. The van der Waals surface area contributed by atoms with Gasteiger partial charge in [-0.2, -0.15) is 4.98 Å². The maximum absolute atomic E-state index is 6.12. The summed E-state index contributed by atoms with van der Waals surface area (Å²) in [5.74, 6) is 0.462. The van der Waals surface area contributed by atoms with E-state index in [0.29, 0.717) is 11.6 Å². The van der Waals surface area contributed by atoms with Crippen molar-refractivity contribution in [3.63, 3.8) is 0 Å². The van der Waals surface area contributed by atoms with Gasteiger partial charge in [-0.05, 0) is 56.4 Å². The van der Waals surface area contributed by atoms with Crippen LogP contribution in [-0.4, -0.2) is 16.1 Å². The van der Waals surface area contributed by atoms with Crippen LogP contribution in [0.3, 0.4) is 0 Å². The zero-order valence-corrected chi connectivity index (χ0v) is 13.1. The summed E-state index contributed by atoms with van der Waals surface area (Å²) < 4.78 is 5.61. The van der Waals surface area contributed by atoms with Crippen molar-refractivity contribution in [3.8, 4) is 5.88 Å². The summed E-state index contributed by atoms with van der Waals surface area (Å²) in [6.07, 6.45) is 5.17. The van der Waals surface area contributed by atoms with Crippen LogP contribution in [0.4, 0.5) is 5.69 Å². The minimum absolute atomic E-state index is 0.0417. The Morgan fingerprint density at radius 2 is 2.00 bits per heavy atom. The molecule has 0 aliphatic heterocycles. The largest absolute Gasteiger partial charge is 0.473 e. The second-order valence-electron chi connectivity index (χ2n) is 5.45. The SMILES string of the molecule is CC(C)Oc1ncnc(Sc2ccc3c(c2)CCC3)c1N. The van der Waals surface area contributed by atoms with Crippen LogP contribution in [0, 0.1) is 0 Å². The zero-order chi connectivity index (χ0) is 14.8. The molecule has 0 amide bonds. The zero-order valence-electron chi connectivity index (χ0n) is 12.3. The van der Waals surface area contributed by atoms with E-state index in [-0.39, 0.29) is 6.10 Å². The lowest BCUT2D eigenvalue weighted by Gasteiger charge is -2.12. The Bertz CT molecular complexity index is 658. The van der Waals surface area contributed by atoms with Crippen molar-refractivity contribution in [3.05, 3.63) is 35.7 Å². The molecule has 0 radical (unpaired) electrons. The number of aryl methyl sites for hydroxylation is 2. The molecule has 1 heterocycles. The molecule has 0 atom stereocenters. The van der Waals surface area contributed by atoms with E-state index in [1.165, 1.54) is 36.7 Å². The van der Waals surface area contributed by atoms with Crippen LogP contribution in [-0.2, 0) is 12.8 Å². The number of hydrogen-bond donors (Lipinski definition) is 1. The molecule has 0 spiro atoms. The van der Waals surface area contributed by atoms with E-state index in [0.717, 1.165) is 9.92 Å². The number of hydrogen-bond acceptors (Lipinski definition) is 5. The lowest BCUT2D eigenvalue weighted by atomic mass is 10.1. The Hall–Kier alpha value is -1.75. The summed E-state index contributed by atoms with van der Waals surface area (Å²) in [5, 5.41) is 0.749. The molecule has 1 aromatic carbocycles. The third kappa shape index (κ3) is 3.13. The van der Waals surface area contributed by atoms with Gasteiger partial charge in [-0.25, -0.2) is 4.98 Å². The van der Waals surface area contributed by atoms with Crippen molar-refractivity contribution in [2.45, 2.75) is 49.1 Å². The first kappa shape index (κ1) is 14.2. The molecule has 1 aromatic heterocycles. The van der Waals surface area contributed by atoms with E-state index in [2.05, 4.69) is 28.2 Å². The smallest absolute Gasteiger partial charge is 0.241 e. The summed E-state index contributed by atoms with van der Waals surface area (Å²) in [5.41, 5.74) is 9.55. The fourth-order valence-corrected chi connectivity index (χ4v) is 3.34. The van der Waals surface area contributed by atoms with E-state index < -0.39 is 0 Å². The number of nitrogens with two attached hydrogens (primary N) is 1. The van der Waals surface area contributed by atoms with E-state index in [9.17, 15) is 0 Å². The molecule has 0 saturated heterocycles. The fraction of sp³-hybridized carbons (Fsp3) is 0.375.